The summed E-state index contributed by atoms with van der Waals surface area (Å²) < 4.78 is 10.4. The fourth-order valence-corrected chi connectivity index (χ4v) is 3.79. The number of benzene rings is 2. The third-order valence-corrected chi connectivity index (χ3v) is 5.57. The molecule has 0 atom stereocenters. The zero-order valence-electron chi connectivity index (χ0n) is 19.3. The third kappa shape index (κ3) is 8.40. The number of anilines is 1. The van der Waals surface area contributed by atoms with Gasteiger partial charge < -0.3 is 14.8 Å². The number of hydrogen-bond acceptors (Lipinski definition) is 5. The smallest absolute Gasteiger partial charge is 0.337 e. The summed E-state index contributed by atoms with van der Waals surface area (Å²) in [5.41, 5.74) is 1.13. The van der Waals surface area contributed by atoms with Gasteiger partial charge in [-0.1, -0.05) is 62.2 Å². The Bertz CT molecular complexity index is 1040. The summed E-state index contributed by atoms with van der Waals surface area (Å²) in [6.07, 6.45) is 8.26. The number of rotatable bonds is 12. The average Bonchev–Trinajstić information content (AvgIpc) is 2.83. The maximum Gasteiger partial charge on any atom is 0.337 e. The standard InChI is InChI=1S/C26H28Cl2N2O4/c1-3-4-5-6-7-8-13-34-24-22(27)15-18(16-23(24)28)14-20(17-29)25(31)30-21-11-9-19(10-12-21)26(32)33-2/h9-12,14-16H,3-8,13H2,1-2H3,(H,30,31)/b20-14-. The van der Waals surface area contributed by atoms with Gasteiger partial charge in [0.15, 0.2) is 5.75 Å². The number of nitrogens with one attached hydrogen (secondary N) is 1. The van der Waals surface area contributed by atoms with E-state index in [9.17, 15) is 14.9 Å². The molecule has 34 heavy (non-hydrogen) atoms. The van der Waals surface area contributed by atoms with E-state index in [4.69, 9.17) is 27.9 Å². The van der Waals surface area contributed by atoms with Crippen LogP contribution in [-0.4, -0.2) is 25.6 Å². The molecule has 0 spiro atoms. The molecule has 0 heterocycles. The first kappa shape index (κ1) is 27.2. The minimum atomic E-state index is -0.607. The Balaban J connectivity index is 2.02. The van der Waals surface area contributed by atoms with Gasteiger partial charge in [-0.2, -0.15) is 5.26 Å². The van der Waals surface area contributed by atoms with Crippen molar-refractivity contribution in [1.82, 2.24) is 0 Å². The summed E-state index contributed by atoms with van der Waals surface area (Å²) >= 11 is 12.7. The summed E-state index contributed by atoms with van der Waals surface area (Å²) in [6, 6.07) is 11.2. The fraction of sp³-hybridized carbons (Fsp3) is 0.346. The minimum absolute atomic E-state index is 0.134. The fourth-order valence-electron chi connectivity index (χ4n) is 3.18. The van der Waals surface area contributed by atoms with E-state index in [-0.39, 0.29) is 5.57 Å². The maximum atomic E-state index is 12.5. The van der Waals surface area contributed by atoms with Crippen molar-refractivity contribution >= 4 is 46.8 Å². The van der Waals surface area contributed by atoms with Crippen molar-refractivity contribution in [3.8, 4) is 11.8 Å². The molecule has 0 aromatic heterocycles. The van der Waals surface area contributed by atoms with Gasteiger partial charge >= 0.3 is 5.97 Å². The van der Waals surface area contributed by atoms with Crippen LogP contribution < -0.4 is 10.1 Å². The Morgan fingerprint density at radius 1 is 1.03 bits per heavy atom. The zero-order valence-corrected chi connectivity index (χ0v) is 20.8. The number of carbonyl (C=O) groups excluding carboxylic acids is 2. The molecule has 0 aliphatic rings. The van der Waals surface area contributed by atoms with E-state index in [1.807, 2.05) is 6.07 Å². The van der Waals surface area contributed by atoms with Crippen LogP contribution in [0.2, 0.25) is 10.0 Å². The molecule has 1 amide bonds. The van der Waals surface area contributed by atoms with E-state index in [0.717, 1.165) is 12.8 Å². The molecule has 0 fully saturated rings. The lowest BCUT2D eigenvalue weighted by Crippen LogP contribution is -2.13. The van der Waals surface area contributed by atoms with Gasteiger partial charge in [0.1, 0.15) is 11.6 Å². The van der Waals surface area contributed by atoms with E-state index in [1.165, 1.54) is 51.0 Å². The first-order valence-electron chi connectivity index (χ1n) is 11.1. The number of methoxy groups -OCH3 is 1. The van der Waals surface area contributed by atoms with Gasteiger partial charge in [0.2, 0.25) is 0 Å². The second-order valence-electron chi connectivity index (χ2n) is 7.62. The molecule has 2 aromatic carbocycles. The summed E-state index contributed by atoms with van der Waals surface area (Å²) in [7, 11) is 1.29. The molecule has 0 bridgehead atoms. The highest BCUT2D eigenvalue weighted by molar-refractivity contribution is 6.37. The summed E-state index contributed by atoms with van der Waals surface area (Å²) in [4.78, 5) is 24.1. The highest BCUT2D eigenvalue weighted by Crippen LogP contribution is 2.35. The van der Waals surface area contributed by atoms with Crippen molar-refractivity contribution in [3.05, 3.63) is 63.1 Å². The van der Waals surface area contributed by atoms with E-state index < -0.39 is 11.9 Å². The Morgan fingerprint density at radius 2 is 1.65 bits per heavy atom. The van der Waals surface area contributed by atoms with E-state index in [0.29, 0.717) is 39.2 Å². The number of esters is 1. The Morgan fingerprint density at radius 3 is 2.24 bits per heavy atom. The van der Waals surface area contributed by atoms with E-state index >= 15 is 0 Å². The van der Waals surface area contributed by atoms with Crippen molar-refractivity contribution < 1.29 is 19.1 Å². The lowest BCUT2D eigenvalue weighted by molar-refractivity contribution is -0.112. The summed E-state index contributed by atoms with van der Waals surface area (Å²) in [5.74, 6) is -0.699. The molecule has 8 heteroatoms. The molecule has 0 saturated heterocycles. The number of amides is 1. The van der Waals surface area contributed by atoms with Crippen molar-refractivity contribution in [2.45, 2.75) is 45.4 Å². The second kappa shape index (κ2) is 14.3. The molecule has 1 N–H and O–H groups in total. The molecule has 2 aromatic rings. The van der Waals surface area contributed by atoms with Crippen LogP contribution in [-0.2, 0) is 9.53 Å². The van der Waals surface area contributed by atoms with Gasteiger partial charge in [0.05, 0.1) is 29.3 Å². The monoisotopic (exact) mass is 502 g/mol. The van der Waals surface area contributed by atoms with Gasteiger partial charge in [0, 0.05) is 5.69 Å². The third-order valence-electron chi connectivity index (χ3n) is 5.00. The Hall–Kier alpha value is -3.01. The molecule has 0 saturated carbocycles. The molecule has 0 unspecified atom stereocenters. The lowest BCUT2D eigenvalue weighted by atomic mass is 10.1. The van der Waals surface area contributed by atoms with Crippen LogP contribution in [0.1, 0.15) is 61.4 Å². The van der Waals surface area contributed by atoms with Crippen LogP contribution in [0.3, 0.4) is 0 Å². The van der Waals surface area contributed by atoms with Gasteiger partial charge in [-0.3, -0.25) is 4.79 Å². The average molecular weight is 503 g/mol. The second-order valence-corrected chi connectivity index (χ2v) is 8.44. The molecule has 0 radical (unpaired) electrons. The summed E-state index contributed by atoms with van der Waals surface area (Å²) in [5, 5.41) is 12.7. The number of nitriles is 1. The van der Waals surface area contributed by atoms with Gasteiger partial charge in [-0.05, 0) is 54.5 Å². The van der Waals surface area contributed by atoms with Crippen molar-refractivity contribution in [2.75, 3.05) is 19.0 Å². The molecule has 2 rings (SSSR count). The molecule has 180 valence electrons. The minimum Gasteiger partial charge on any atom is -0.490 e. The molecular formula is C26H28Cl2N2O4. The van der Waals surface area contributed by atoms with Crippen LogP contribution in [0, 0.1) is 11.3 Å². The first-order chi connectivity index (χ1) is 16.4. The normalized spacial score (nSPS) is 11.0. The molecule has 6 nitrogen and oxygen atoms in total. The largest absolute Gasteiger partial charge is 0.490 e. The van der Waals surface area contributed by atoms with Crippen molar-refractivity contribution in [2.24, 2.45) is 0 Å². The maximum absolute atomic E-state index is 12.5. The number of unbranched alkanes of at least 4 members (excludes halogenated alkanes) is 5. The topological polar surface area (TPSA) is 88.4 Å². The van der Waals surface area contributed by atoms with Gasteiger partial charge in [0.25, 0.3) is 5.91 Å². The SMILES string of the molecule is CCCCCCCCOc1c(Cl)cc(/C=C(/C#N)C(=O)Nc2ccc(C(=O)OC)cc2)cc1Cl. The predicted octanol–water partition coefficient (Wildman–Crippen LogP) is 7.06. The first-order valence-corrected chi connectivity index (χ1v) is 11.9. The Kier molecular flexibility index (Phi) is 11.5. The quantitative estimate of drug-likeness (QED) is 0.145. The molecule has 0 aliphatic heterocycles. The van der Waals surface area contributed by atoms with Crippen molar-refractivity contribution in [3.63, 3.8) is 0 Å². The highest BCUT2D eigenvalue weighted by atomic mass is 35.5. The number of carbonyl (C=O) groups is 2. The summed E-state index contributed by atoms with van der Waals surface area (Å²) in [6.45, 7) is 2.70. The Labute approximate surface area is 210 Å². The molecular weight excluding hydrogens is 475 g/mol. The number of halogens is 2. The number of nitrogens with zero attached hydrogens (tertiary/aromatic N) is 1. The number of hydrogen-bond donors (Lipinski definition) is 1. The molecule has 0 aliphatic carbocycles. The van der Waals surface area contributed by atoms with Crippen LogP contribution in [0.4, 0.5) is 5.69 Å². The van der Waals surface area contributed by atoms with E-state index in [1.54, 1.807) is 24.3 Å². The van der Waals surface area contributed by atoms with Crippen LogP contribution >= 0.6 is 23.2 Å². The van der Waals surface area contributed by atoms with Gasteiger partial charge in [-0.25, -0.2) is 4.79 Å². The van der Waals surface area contributed by atoms with Crippen LogP contribution in [0.25, 0.3) is 6.08 Å². The van der Waals surface area contributed by atoms with Crippen molar-refractivity contribution in [1.29, 1.82) is 5.26 Å². The number of ether oxygens (including phenoxy) is 2. The zero-order chi connectivity index (χ0) is 24.9. The van der Waals surface area contributed by atoms with E-state index in [2.05, 4.69) is 17.0 Å². The van der Waals surface area contributed by atoms with Crippen LogP contribution in [0.5, 0.6) is 5.75 Å². The van der Waals surface area contributed by atoms with Crippen LogP contribution in [0.15, 0.2) is 42.0 Å². The van der Waals surface area contributed by atoms with Gasteiger partial charge in [-0.15, -0.1) is 0 Å². The highest BCUT2D eigenvalue weighted by Gasteiger charge is 2.14. The predicted molar refractivity (Wildman–Crippen MR) is 135 cm³/mol. The lowest BCUT2D eigenvalue weighted by Gasteiger charge is -2.11.